The normalized spacial score (nSPS) is 20.9. The number of aromatic nitrogens is 4. The predicted octanol–water partition coefficient (Wildman–Crippen LogP) is 1.76. The Balaban J connectivity index is 1.66. The van der Waals surface area contributed by atoms with Crippen molar-refractivity contribution in [3.05, 3.63) is 60.2 Å². The Kier molecular flexibility index (Phi) is 5.02. The molecule has 3 aromatic rings. The van der Waals surface area contributed by atoms with Crippen LogP contribution in [0.2, 0.25) is 0 Å². The Morgan fingerprint density at radius 3 is 2.70 bits per heavy atom. The third-order valence-electron chi connectivity index (χ3n) is 4.95. The highest BCUT2D eigenvalue weighted by atomic mass is 16.5. The summed E-state index contributed by atoms with van der Waals surface area (Å²) in [5, 5.41) is 21.6. The van der Waals surface area contributed by atoms with Gasteiger partial charge in [-0.1, -0.05) is 18.2 Å². The number of hydrogen-bond donors (Lipinski definition) is 3. The number of nitrogens with one attached hydrogen (secondary N) is 1. The minimum Gasteiger partial charge on any atom is -0.481 e. The van der Waals surface area contributed by atoms with Crippen LogP contribution in [0.1, 0.15) is 29.9 Å². The number of nitrogens with zero attached hydrogens (tertiary/aromatic N) is 4. The van der Waals surface area contributed by atoms with Crippen molar-refractivity contribution in [2.24, 2.45) is 0 Å². The lowest BCUT2D eigenvalue weighted by Crippen LogP contribution is -2.33. The molecule has 0 radical (unpaired) electrons. The van der Waals surface area contributed by atoms with Gasteiger partial charge in [-0.25, -0.2) is 15.0 Å². The van der Waals surface area contributed by atoms with Gasteiger partial charge in [-0.2, -0.15) is 0 Å². The first-order chi connectivity index (χ1) is 14.4. The van der Waals surface area contributed by atoms with Crippen LogP contribution >= 0.6 is 0 Å². The summed E-state index contributed by atoms with van der Waals surface area (Å²) in [6.45, 7) is 1.25. The number of rotatable bonds is 6. The summed E-state index contributed by atoms with van der Waals surface area (Å²) >= 11 is 0. The van der Waals surface area contributed by atoms with Crippen molar-refractivity contribution in [2.75, 3.05) is 11.9 Å². The number of aliphatic hydroxyl groups excluding tert-OH is 1. The van der Waals surface area contributed by atoms with Gasteiger partial charge in [0, 0.05) is 5.56 Å². The van der Waals surface area contributed by atoms with Crippen LogP contribution in [0.3, 0.4) is 0 Å². The Bertz CT molecular complexity index is 1140. The maximum absolute atomic E-state index is 12.5. The number of carbonyl (C=O) groups excluding carboxylic acids is 1. The summed E-state index contributed by atoms with van der Waals surface area (Å²) in [4.78, 5) is 36.3. The number of carbonyl (C=O) groups is 2. The Hall–Kier alpha value is -3.63. The van der Waals surface area contributed by atoms with E-state index in [1.54, 1.807) is 41.8 Å². The molecule has 1 aliphatic heterocycles. The van der Waals surface area contributed by atoms with Crippen LogP contribution in [0.25, 0.3) is 11.2 Å². The van der Waals surface area contributed by atoms with Crippen molar-refractivity contribution in [1.29, 1.82) is 0 Å². The van der Waals surface area contributed by atoms with E-state index < -0.39 is 17.8 Å². The molecule has 1 aromatic carbocycles. The second kappa shape index (κ2) is 7.65. The van der Waals surface area contributed by atoms with Gasteiger partial charge in [0.15, 0.2) is 23.2 Å². The molecule has 0 aliphatic carbocycles. The number of aliphatic hydroxyl groups is 1. The fourth-order valence-corrected chi connectivity index (χ4v) is 3.31. The monoisotopic (exact) mass is 409 g/mol. The SMILES string of the molecule is C[C@]1(CO)O[C@@H](n2cnc3c(NC(=O)c4ccccc4)ncnc32)C=C1CC(=O)O. The molecule has 2 aromatic heterocycles. The highest BCUT2D eigenvalue weighted by molar-refractivity contribution is 6.06. The van der Waals surface area contributed by atoms with Crippen LogP contribution in [0.4, 0.5) is 5.82 Å². The highest BCUT2D eigenvalue weighted by Gasteiger charge is 2.40. The molecule has 0 saturated heterocycles. The summed E-state index contributed by atoms with van der Waals surface area (Å²) in [5.41, 5.74) is 0.554. The lowest BCUT2D eigenvalue weighted by atomic mass is 9.95. The van der Waals surface area contributed by atoms with Crippen LogP contribution in [-0.4, -0.2) is 53.8 Å². The Morgan fingerprint density at radius 1 is 1.23 bits per heavy atom. The Morgan fingerprint density at radius 2 is 2.00 bits per heavy atom. The van der Waals surface area contributed by atoms with Crippen molar-refractivity contribution < 1.29 is 24.5 Å². The zero-order valence-corrected chi connectivity index (χ0v) is 16.0. The molecule has 0 unspecified atom stereocenters. The number of imidazole rings is 1. The van der Waals surface area contributed by atoms with Crippen molar-refractivity contribution in [1.82, 2.24) is 19.5 Å². The van der Waals surface area contributed by atoms with Crippen LogP contribution in [0.15, 0.2) is 54.6 Å². The van der Waals surface area contributed by atoms with Gasteiger partial charge < -0.3 is 20.3 Å². The number of amides is 1. The van der Waals surface area contributed by atoms with Gasteiger partial charge in [-0.3, -0.25) is 14.2 Å². The topological polar surface area (TPSA) is 139 Å². The molecule has 3 N–H and O–H groups in total. The van der Waals surface area contributed by atoms with Gasteiger partial charge in [0.05, 0.1) is 19.4 Å². The number of carboxylic acid groups (broad SMARTS) is 1. The van der Waals surface area contributed by atoms with Crippen LogP contribution < -0.4 is 5.32 Å². The lowest BCUT2D eigenvalue weighted by Gasteiger charge is -2.26. The molecule has 10 heteroatoms. The first kappa shape index (κ1) is 19.7. The van der Waals surface area contributed by atoms with E-state index in [1.165, 1.54) is 12.7 Å². The third kappa shape index (κ3) is 3.53. The first-order valence-electron chi connectivity index (χ1n) is 9.17. The van der Waals surface area contributed by atoms with E-state index in [-0.39, 0.29) is 24.8 Å². The molecule has 0 fully saturated rings. The number of benzene rings is 1. The van der Waals surface area contributed by atoms with Crippen molar-refractivity contribution in [3.63, 3.8) is 0 Å². The second-order valence-electron chi connectivity index (χ2n) is 7.03. The standard InChI is InChI=1S/C20H19N5O5/c1-20(9-26)13(8-15(27)28)7-14(30-20)25-11-23-16-17(21-10-22-18(16)25)24-19(29)12-5-3-2-4-6-12/h2-7,10-11,14,26H,8-9H2,1H3,(H,27,28)(H,21,22,24,29)/t14-,20-/m1/s1. The number of ether oxygens (including phenoxy) is 1. The summed E-state index contributed by atoms with van der Waals surface area (Å²) in [7, 11) is 0. The molecule has 4 rings (SSSR count). The van der Waals surface area contributed by atoms with Gasteiger partial charge in [0.2, 0.25) is 0 Å². The van der Waals surface area contributed by atoms with Gasteiger partial charge in [0.1, 0.15) is 11.9 Å². The largest absolute Gasteiger partial charge is 0.481 e. The summed E-state index contributed by atoms with van der Waals surface area (Å²) in [5.74, 6) is -1.11. The van der Waals surface area contributed by atoms with E-state index in [0.717, 1.165) is 0 Å². The summed E-state index contributed by atoms with van der Waals surface area (Å²) in [6, 6.07) is 8.70. The van der Waals surface area contributed by atoms with Gasteiger partial charge >= 0.3 is 5.97 Å². The molecule has 1 aliphatic rings. The molecule has 2 atom stereocenters. The van der Waals surface area contributed by atoms with Gasteiger partial charge in [-0.05, 0) is 30.7 Å². The second-order valence-corrected chi connectivity index (χ2v) is 7.03. The van der Waals surface area contributed by atoms with E-state index in [2.05, 4.69) is 20.3 Å². The molecule has 0 bridgehead atoms. The first-order valence-corrected chi connectivity index (χ1v) is 9.17. The number of fused-ring (bicyclic) bond motifs is 1. The quantitative estimate of drug-likeness (QED) is 0.523. The van der Waals surface area contributed by atoms with Gasteiger partial charge in [0.25, 0.3) is 5.91 Å². The molecule has 1 amide bonds. The number of hydrogen-bond acceptors (Lipinski definition) is 7. The number of anilines is 1. The van der Waals surface area contributed by atoms with Gasteiger partial charge in [-0.15, -0.1) is 0 Å². The molecular weight excluding hydrogens is 390 g/mol. The minimum absolute atomic E-state index is 0.241. The third-order valence-corrected chi connectivity index (χ3v) is 4.95. The summed E-state index contributed by atoms with van der Waals surface area (Å²) < 4.78 is 7.52. The minimum atomic E-state index is -1.13. The zero-order chi connectivity index (χ0) is 21.3. The molecule has 0 saturated carbocycles. The molecule has 154 valence electrons. The smallest absolute Gasteiger partial charge is 0.307 e. The zero-order valence-electron chi connectivity index (χ0n) is 16.0. The fraction of sp³-hybridized carbons (Fsp3) is 0.250. The molecule has 30 heavy (non-hydrogen) atoms. The van der Waals surface area contributed by atoms with E-state index >= 15 is 0 Å². The van der Waals surface area contributed by atoms with Crippen molar-refractivity contribution in [3.8, 4) is 0 Å². The van der Waals surface area contributed by atoms with E-state index in [4.69, 9.17) is 9.84 Å². The van der Waals surface area contributed by atoms with Crippen LogP contribution in [0, 0.1) is 0 Å². The number of carboxylic acids is 1. The molecule has 0 spiro atoms. The van der Waals surface area contributed by atoms with E-state index in [1.807, 2.05) is 6.07 Å². The average molecular weight is 409 g/mol. The molecule has 10 nitrogen and oxygen atoms in total. The van der Waals surface area contributed by atoms with Crippen molar-refractivity contribution in [2.45, 2.75) is 25.2 Å². The Labute approximate surface area is 170 Å². The predicted molar refractivity (Wildman–Crippen MR) is 106 cm³/mol. The van der Waals surface area contributed by atoms with Crippen molar-refractivity contribution >= 4 is 28.9 Å². The number of aliphatic carboxylic acids is 1. The van der Waals surface area contributed by atoms with Crippen LogP contribution in [0.5, 0.6) is 0 Å². The lowest BCUT2D eigenvalue weighted by molar-refractivity contribution is -0.137. The maximum atomic E-state index is 12.5. The summed E-state index contributed by atoms with van der Waals surface area (Å²) in [6.07, 6.45) is 3.43. The highest BCUT2D eigenvalue weighted by Crippen LogP contribution is 2.38. The molecule has 3 heterocycles. The van der Waals surface area contributed by atoms with E-state index in [9.17, 15) is 14.7 Å². The maximum Gasteiger partial charge on any atom is 0.307 e. The molecular formula is C20H19N5O5. The van der Waals surface area contributed by atoms with Crippen LogP contribution in [-0.2, 0) is 9.53 Å². The average Bonchev–Trinajstić information content (AvgIpc) is 3.31. The van der Waals surface area contributed by atoms with E-state index in [0.29, 0.717) is 22.3 Å². The fourth-order valence-electron chi connectivity index (χ4n) is 3.31.